The Labute approximate surface area is 274 Å². The van der Waals surface area contributed by atoms with Gasteiger partial charge >= 0.3 is 11.9 Å². The van der Waals surface area contributed by atoms with Gasteiger partial charge in [-0.15, -0.1) is 0 Å². The summed E-state index contributed by atoms with van der Waals surface area (Å²) in [7, 11) is 0. The summed E-state index contributed by atoms with van der Waals surface area (Å²) in [6.45, 7) is 17.6. The number of benzene rings is 1. The van der Waals surface area contributed by atoms with Crippen LogP contribution in [0.15, 0.2) is 40.7 Å². The topological polar surface area (TPSA) is 87.1 Å². The summed E-state index contributed by atoms with van der Waals surface area (Å²) in [5, 5.41) is 21.7. The Morgan fingerprint density at radius 2 is 1.18 bits per heavy atom. The molecule has 0 saturated carbocycles. The van der Waals surface area contributed by atoms with Crippen LogP contribution in [-0.4, -0.2) is 39.2 Å². The number of hydrogen-bond donors (Lipinski definition) is 2. The molecule has 6 nitrogen and oxygen atoms in total. The van der Waals surface area contributed by atoms with Gasteiger partial charge in [-0.25, -0.2) is 9.59 Å². The monoisotopic (exact) mass is 625 g/mol. The number of carboxylic acid groups (broad SMARTS) is 2. The molecule has 45 heavy (non-hydrogen) atoms. The second-order valence-corrected chi connectivity index (χ2v) is 13.9. The van der Waals surface area contributed by atoms with Crippen LogP contribution in [-0.2, 0) is 21.4 Å². The van der Waals surface area contributed by atoms with E-state index in [0.29, 0.717) is 22.7 Å². The van der Waals surface area contributed by atoms with E-state index in [1.807, 2.05) is 78.5 Å². The average Bonchev–Trinajstić information content (AvgIpc) is 2.94. The maximum Gasteiger partial charge on any atom is 0.334 e. The highest BCUT2D eigenvalue weighted by atomic mass is 16.5. The minimum atomic E-state index is -1.39. The molecule has 1 aliphatic heterocycles. The molecule has 6 heteroatoms. The van der Waals surface area contributed by atoms with E-state index in [0.717, 1.165) is 24.8 Å². The summed E-state index contributed by atoms with van der Waals surface area (Å²) in [6.07, 6.45) is 17.1. The van der Waals surface area contributed by atoms with Crippen molar-refractivity contribution in [1.29, 1.82) is 0 Å². The number of nitrogens with zero attached hydrogens (tertiary/aromatic N) is 1. The normalized spacial score (nSPS) is 15.2. The zero-order valence-corrected chi connectivity index (χ0v) is 29.9. The van der Waals surface area contributed by atoms with E-state index >= 15 is 0 Å². The minimum Gasteiger partial charge on any atom is -0.491 e. The molecule has 2 rings (SSSR count). The Hall–Kier alpha value is -2.76. The van der Waals surface area contributed by atoms with Crippen LogP contribution in [0.3, 0.4) is 0 Å². The zero-order chi connectivity index (χ0) is 33.7. The van der Waals surface area contributed by atoms with Gasteiger partial charge in [0, 0.05) is 23.0 Å². The van der Waals surface area contributed by atoms with Crippen LogP contribution in [0.1, 0.15) is 157 Å². The van der Waals surface area contributed by atoms with Gasteiger partial charge < -0.3 is 19.8 Å². The van der Waals surface area contributed by atoms with Crippen molar-refractivity contribution in [3.8, 4) is 5.75 Å². The SMILES string of the molecule is CCCCCCCCCCCCCCCc1cccc(OC(C)C)c1C1(C(C)C)C(C(=O)O)=C(C)N(C(C)C)C(C)=C1C(=O)O. The highest BCUT2D eigenvalue weighted by Gasteiger charge is 2.56. The smallest absolute Gasteiger partial charge is 0.334 e. The molecule has 0 amide bonds. The Balaban J connectivity index is 2.42. The number of rotatable bonds is 21. The minimum absolute atomic E-state index is 0.105. The third-order valence-corrected chi connectivity index (χ3v) is 9.46. The van der Waals surface area contributed by atoms with Gasteiger partial charge in [0.1, 0.15) is 5.75 Å². The molecule has 0 unspecified atom stereocenters. The van der Waals surface area contributed by atoms with Crippen LogP contribution in [0, 0.1) is 5.92 Å². The Morgan fingerprint density at radius 3 is 1.56 bits per heavy atom. The van der Waals surface area contributed by atoms with E-state index in [1.165, 1.54) is 70.6 Å². The van der Waals surface area contributed by atoms with Crippen LogP contribution in [0.2, 0.25) is 0 Å². The Morgan fingerprint density at radius 1 is 0.733 bits per heavy atom. The van der Waals surface area contributed by atoms with Crippen molar-refractivity contribution in [3.05, 3.63) is 51.9 Å². The first kappa shape index (κ1) is 38.4. The van der Waals surface area contributed by atoms with Crippen LogP contribution >= 0.6 is 0 Å². The first-order valence-corrected chi connectivity index (χ1v) is 17.8. The van der Waals surface area contributed by atoms with E-state index in [9.17, 15) is 19.8 Å². The van der Waals surface area contributed by atoms with Crippen LogP contribution in [0.25, 0.3) is 0 Å². The summed E-state index contributed by atoms with van der Waals surface area (Å²) in [6, 6.07) is 5.78. The fourth-order valence-electron chi connectivity index (χ4n) is 7.64. The molecule has 0 atom stereocenters. The van der Waals surface area contributed by atoms with Crippen molar-refractivity contribution in [2.45, 2.75) is 170 Å². The fraction of sp³-hybridized carbons (Fsp3) is 0.692. The predicted octanol–water partition coefficient (Wildman–Crippen LogP) is 10.4. The molecule has 2 N–H and O–H groups in total. The van der Waals surface area contributed by atoms with Crippen LogP contribution in [0.5, 0.6) is 5.75 Å². The Kier molecular flexibility index (Phi) is 15.7. The van der Waals surface area contributed by atoms with Gasteiger partial charge in [0.2, 0.25) is 0 Å². The fourth-order valence-corrected chi connectivity index (χ4v) is 7.64. The molecule has 0 aromatic heterocycles. The quantitative estimate of drug-likeness (QED) is 0.132. The Bertz CT molecular complexity index is 1140. The molecule has 0 bridgehead atoms. The summed E-state index contributed by atoms with van der Waals surface area (Å²) >= 11 is 0. The number of carbonyl (C=O) groups is 2. The third kappa shape index (κ3) is 9.39. The summed E-state index contributed by atoms with van der Waals surface area (Å²) in [5.41, 5.74) is 1.70. The lowest BCUT2D eigenvalue weighted by Crippen LogP contribution is -2.50. The molecular formula is C39H63NO5. The van der Waals surface area contributed by atoms with Gasteiger partial charge in [-0.3, -0.25) is 0 Å². The van der Waals surface area contributed by atoms with E-state index in [4.69, 9.17) is 4.74 Å². The number of aryl methyl sites for hydroxylation is 1. The van der Waals surface area contributed by atoms with Crippen molar-refractivity contribution in [2.75, 3.05) is 0 Å². The molecule has 0 aliphatic carbocycles. The highest BCUT2D eigenvalue weighted by Crippen LogP contribution is 2.55. The molecule has 0 saturated heterocycles. The van der Waals surface area contributed by atoms with Crippen LogP contribution in [0.4, 0.5) is 0 Å². The zero-order valence-electron chi connectivity index (χ0n) is 29.9. The largest absolute Gasteiger partial charge is 0.491 e. The molecule has 0 radical (unpaired) electrons. The number of hydrogen-bond acceptors (Lipinski definition) is 4. The van der Waals surface area contributed by atoms with Crippen molar-refractivity contribution in [1.82, 2.24) is 4.90 Å². The molecule has 1 heterocycles. The second-order valence-electron chi connectivity index (χ2n) is 13.9. The van der Waals surface area contributed by atoms with Gasteiger partial charge in [-0.2, -0.15) is 0 Å². The standard InChI is InChI=1S/C39H63NO5/c1-10-11-12-13-14-15-16-17-18-19-20-21-22-24-32-25-23-26-33(45-29(6)7)36(32)39(27(2)3)34(37(41)42)30(8)40(28(4)5)31(9)35(39)38(43)44/h23,25-29H,10-22,24H2,1-9H3,(H,41,42)(H,43,44). The molecule has 1 aromatic carbocycles. The molecular weight excluding hydrogens is 562 g/mol. The van der Waals surface area contributed by atoms with Crippen molar-refractivity contribution in [2.24, 2.45) is 5.92 Å². The second kappa shape index (κ2) is 18.4. The number of allylic oxidation sites excluding steroid dienone is 2. The first-order valence-electron chi connectivity index (χ1n) is 17.8. The molecule has 254 valence electrons. The van der Waals surface area contributed by atoms with E-state index in [2.05, 4.69) is 6.92 Å². The lowest BCUT2D eigenvalue weighted by Gasteiger charge is -2.49. The highest BCUT2D eigenvalue weighted by molar-refractivity contribution is 6.01. The number of ether oxygens (including phenoxy) is 1. The van der Waals surface area contributed by atoms with Gasteiger partial charge in [0.05, 0.1) is 22.7 Å². The van der Waals surface area contributed by atoms with Gasteiger partial charge in [0.25, 0.3) is 0 Å². The molecule has 0 fully saturated rings. The lowest BCUT2D eigenvalue weighted by molar-refractivity contribution is -0.135. The summed E-state index contributed by atoms with van der Waals surface area (Å²) in [5.74, 6) is -1.98. The van der Waals surface area contributed by atoms with Crippen molar-refractivity contribution >= 4 is 11.9 Å². The van der Waals surface area contributed by atoms with Crippen molar-refractivity contribution < 1.29 is 24.5 Å². The molecule has 1 aromatic rings. The average molecular weight is 626 g/mol. The van der Waals surface area contributed by atoms with Gasteiger partial charge in [-0.1, -0.05) is 110 Å². The lowest BCUT2D eigenvalue weighted by atomic mass is 9.58. The van der Waals surface area contributed by atoms with Crippen LogP contribution < -0.4 is 4.74 Å². The number of aliphatic carboxylic acids is 2. The summed E-state index contributed by atoms with van der Waals surface area (Å²) in [4.78, 5) is 28.4. The number of carboxylic acids is 2. The first-order chi connectivity index (χ1) is 21.3. The van der Waals surface area contributed by atoms with Gasteiger partial charge in [-0.05, 0) is 71.9 Å². The third-order valence-electron chi connectivity index (χ3n) is 9.46. The predicted molar refractivity (Wildman–Crippen MR) is 186 cm³/mol. The number of unbranched alkanes of at least 4 members (excludes halogenated alkanes) is 12. The van der Waals surface area contributed by atoms with E-state index in [-0.39, 0.29) is 29.2 Å². The molecule has 1 aliphatic rings. The van der Waals surface area contributed by atoms with E-state index in [1.54, 1.807) is 0 Å². The maximum atomic E-state index is 13.3. The van der Waals surface area contributed by atoms with Crippen molar-refractivity contribution in [3.63, 3.8) is 0 Å². The van der Waals surface area contributed by atoms with Gasteiger partial charge in [0.15, 0.2) is 0 Å². The molecule has 0 spiro atoms. The maximum absolute atomic E-state index is 13.3. The van der Waals surface area contributed by atoms with E-state index < -0.39 is 17.4 Å². The summed E-state index contributed by atoms with van der Waals surface area (Å²) < 4.78 is 6.39.